The molecule has 7 nitrogen and oxygen atoms in total. The van der Waals surface area contributed by atoms with Gasteiger partial charge in [0, 0.05) is 31.1 Å². The van der Waals surface area contributed by atoms with Gasteiger partial charge in [-0.05, 0) is 77.3 Å². The minimum Gasteiger partial charge on any atom is -0.481 e. The molecular weight excluding hydrogens is 488 g/mol. The summed E-state index contributed by atoms with van der Waals surface area (Å²) in [4.78, 5) is 27.2. The van der Waals surface area contributed by atoms with Crippen molar-refractivity contribution >= 4 is 22.9 Å². The SMILES string of the molecule is CCn1nnc2c(C)c(C(CC(=O)O)c3ccc4c(c3)CN(C(=O)c3ccc(C(C)(C)C)cc3)CC4)ccc21. The van der Waals surface area contributed by atoms with E-state index < -0.39 is 5.97 Å². The van der Waals surface area contributed by atoms with Crippen LogP contribution in [0, 0.1) is 6.92 Å². The van der Waals surface area contributed by atoms with Crippen molar-refractivity contribution in [3.05, 3.63) is 93.5 Å². The van der Waals surface area contributed by atoms with Crippen molar-refractivity contribution in [3.8, 4) is 0 Å². The summed E-state index contributed by atoms with van der Waals surface area (Å²) in [5, 5.41) is 18.4. The van der Waals surface area contributed by atoms with E-state index in [1.54, 1.807) is 0 Å². The number of carboxylic acids is 1. The molecule has 7 heteroatoms. The van der Waals surface area contributed by atoms with E-state index in [-0.39, 0.29) is 23.7 Å². The van der Waals surface area contributed by atoms with Gasteiger partial charge in [0.25, 0.3) is 5.91 Å². The molecule has 0 spiro atoms. The number of aromatic nitrogens is 3. The number of hydrogen-bond acceptors (Lipinski definition) is 4. The average molecular weight is 525 g/mol. The number of carbonyl (C=O) groups is 2. The summed E-state index contributed by atoms with van der Waals surface area (Å²) in [5.41, 5.74) is 8.78. The van der Waals surface area contributed by atoms with Crippen molar-refractivity contribution in [2.45, 2.75) is 71.9 Å². The van der Waals surface area contributed by atoms with Gasteiger partial charge in [0.05, 0.1) is 11.9 Å². The Labute approximate surface area is 229 Å². The standard InChI is InChI=1S/C32H36N4O3/c1-6-36-28-14-13-26(20(2)30(28)33-34-36)27(18-29(37)38)23-8-7-21-15-16-35(19-24(21)17-23)31(39)22-9-11-25(12-10-22)32(3,4)5/h7-14,17,27H,6,15-16,18-19H2,1-5H3,(H,37,38). The molecule has 1 aliphatic rings. The molecule has 0 saturated heterocycles. The van der Waals surface area contributed by atoms with Crippen LogP contribution in [-0.4, -0.2) is 43.4 Å². The predicted molar refractivity (Wildman–Crippen MR) is 152 cm³/mol. The molecule has 1 unspecified atom stereocenters. The highest BCUT2D eigenvalue weighted by molar-refractivity contribution is 5.94. The number of nitrogens with zero attached hydrogens (tertiary/aromatic N) is 4. The van der Waals surface area contributed by atoms with Gasteiger partial charge in [-0.1, -0.05) is 62.4 Å². The molecular formula is C32H36N4O3. The Morgan fingerprint density at radius 2 is 1.77 bits per heavy atom. The highest BCUT2D eigenvalue weighted by Gasteiger charge is 2.26. The Hall–Kier alpha value is -4.00. The summed E-state index contributed by atoms with van der Waals surface area (Å²) in [6, 6.07) is 18.2. The van der Waals surface area contributed by atoms with Crippen LogP contribution < -0.4 is 0 Å². The molecule has 0 radical (unpaired) electrons. The van der Waals surface area contributed by atoms with Crippen LogP contribution in [0.25, 0.3) is 11.0 Å². The number of carbonyl (C=O) groups excluding carboxylic acids is 1. The highest BCUT2D eigenvalue weighted by Crippen LogP contribution is 2.35. The number of aryl methyl sites for hydroxylation is 2. The monoisotopic (exact) mass is 524 g/mol. The van der Waals surface area contributed by atoms with E-state index in [0.29, 0.717) is 25.2 Å². The third-order valence-electron chi connectivity index (χ3n) is 7.97. The van der Waals surface area contributed by atoms with Crippen LogP contribution in [0.15, 0.2) is 54.6 Å². The molecule has 1 aromatic heterocycles. The van der Waals surface area contributed by atoms with Gasteiger partial charge in [0.15, 0.2) is 0 Å². The number of fused-ring (bicyclic) bond motifs is 2. The number of rotatable bonds is 6. The molecule has 1 amide bonds. The first kappa shape index (κ1) is 26.6. The van der Waals surface area contributed by atoms with Gasteiger partial charge >= 0.3 is 5.97 Å². The van der Waals surface area contributed by atoms with Gasteiger partial charge in [-0.2, -0.15) is 0 Å². The lowest BCUT2D eigenvalue weighted by atomic mass is 9.83. The summed E-state index contributed by atoms with van der Waals surface area (Å²) >= 11 is 0. The van der Waals surface area contributed by atoms with Gasteiger partial charge in [-0.25, -0.2) is 4.68 Å². The predicted octanol–water partition coefficient (Wildman–Crippen LogP) is 5.86. The lowest BCUT2D eigenvalue weighted by Crippen LogP contribution is -2.36. The van der Waals surface area contributed by atoms with E-state index in [4.69, 9.17) is 0 Å². The lowest BCUT2D eigenvalue weighted by molar-refractivity contribution is -0.137. The summed E-state index contributed by atoms with van der Waals surface area (Å²) in [6.45, 7) is 12.4. The Balaban J connectivity index is 1.45. The first-order valence-corrected chi connectivity index (χ1v) is 13.6. The molecule has 4 aromatic rings. The first-order chi connectivity index (χ1) is 18.6. The second-order valence-corrected chi connectivity index (χ2v) is 11.5. The van der Waals surface area contributed by atoms with Crippen molar-refractivity contribution in [1.82, 2.24) is 19.9 Å². The van der Waals surface area contributed by atoms with E-state index in [0.717, 1.165) is 39.7 Å². The topological polar surface area (TPSA) is 88.3 Å². The quantitative estimate of drug-likeness (QED) is 0.341. The van der Waals surface area contributed by atoms with Crippen molar-refractivity contribution < 1.29 is 14.7 Å². The Bertz CT molecular complexity index is 1550. The van der Waals surface area contributed by atoms with E-state index >= 15 is 0 Å². The third kappa shape index (κ3) is 5.18. The molecule has 3 aromatic carbocycles. The van der Waals surface area contributed by atoms with Crippen molar-refractivity contribution in [2.24, 2.45) is 0 Å². The Morgan fingerprint density at radius 1 is 1.03 bits per heavy atom. The van der Waals surface area contributed by atoms with Crippen LogP contribution in [0.2, 0.25) is 0 Å². The fourth-order valence-corrected chi connectivity index (χ4v) is 5.64. The molecule has 5 rings (SSSR count). The van der Waals surface area contributed by atoms with E-state index in [2.05, 4.69) is 43.2 Å². The second-order valence-electron chi connectivity index (χ2n) is 11.5. The van der Waals surface area contributed by atoms with Crippen LogP contribution >= 0.6 is 0 Å². The summed E-state index contributed by atoms with van der Waals surface area (Å²) < 4.78 is 1.85. The maximum atomic E-state index is 13.4. The van der Waals surface area contributed by atoms with Crippen LogP contribution in [0.3, 0.4) is 0 Å². The molecule has 0 aliphatic carbocycles. The zero-order chi connectivity index (χ0) is 27.9. The minimum atomic E-state index is -0.857. The zero-order valence-electron chi connectivity index (χ0n) is 23.4. The van der Waals surface area contributed by atoms with Gasteiger partial charge in [-0.15, -0.1) is 5.10 Å². The van der Waals surface area contributed by atoms with Crippen LogP contribution in [-0.2, 0) is 29.7 Å². The first-order valence-electron chi connectivity index (χ1n) is 13.6. The van der Waals surface area contributed by atoms with E-state index in [1.807, 2.05) is 65.9 Å². The molecule has 202 valence electrons. The van der Waals surface area contributed by atoms with Crippen molar-refractivity contribution in [2.75, 3.05) is 6.54 Å². The number of carboxylic acid groups (broad SMARTS) is 1. The Kier molecular flexibility index (Phi) is 7.02. The molecule has 0 bridgehead atoms. The molecule has 39 heavy (non-hydrogen) atoms. The minimum absolute atomic E-state index is 0.0221. The number of benzene rings is 3. The van der Waals surface area contributed by atoms with Crippen LogP contribution in [0.1, 0.15) is 83.8 Å². The molecule has 0 fully saturated rings. The smallest absolute Gasteiger partial charge is 0.304 e. The number of aliphatic carboxylic acids is 1. The summed E-state index contributed by atoms with van der Waals surface area (Å²) in [5.74, 6) is -1.17. The molecule has 2 heterocycles. The van der Waals surface area contributed by atoms with Crippen LogP contribution in [0.4, 0.5) is 0 Å². The lowest BCUT2D eigenvalue weighted by Gasteiger charge is -2.30. The fraction of sp³-hybridized carbons (Fsp3) is 0.375. The van der Waals surface area contributed by atoms with Gasteiger partial charge in [-0.3, -0.25) is 9.59 Å². The van der Waals surface area contributed by atoms with Crippen molar-refractivity contribution in [3.63, 3.8) is 0 Å². The van der Waals surface area contributed by atoms with E-state index in [9.17, 15) is 14.7 Å². The van der Waals surface area contributed by atoms with Gasteiger partial charge < -0.3 is 10.0 Å². The normalized spacial score (nSPS) is 14.3. The fourth-order valence-electron chi connectivity index (χ4n) is 5.64. The molecule has 1 atom stereocenters. The summed E-state index contributed by atoms with van der Waals surface area (Å²) in [6.07, 6.45) is 0.742. The number of amides is 1. The maximum Gasteiger partial charge on any atom is 0.304 e. The summed E-state index contributed by atoms with van der Waals surface area (Å²) in [7, 11) is 0. The number of hydrogen-bond donors (Lipinski definition) is 1. The highest BCUT2D eigenvalue weighted by atomic mass is 16.4. The average Bonchev–Trinajstić information content (AvgIpc) is 3.35. The van der Waals surface area contributed by atoms with Crippen molar-refractivity contribution in [1.29, 1.82) is 0 Å². The second kappa shape index (κ2) is 10.3. The third-order valence-corrected chi connectivity index (χ3v) is 7.97. The molecule has 1 aliphatic heterocycles. The van der Waals surface area contributed by atoms with E-state index in [1.165, 1.54) is 11.1 Å². The van der Waals surface area contributed by atoms with Crippen LogP contribution in [0.5, 0.6) is 0 Å². The molecule has 0 saturated carbocycles. The zero-order valence-corrected chi connectivity index (χ0v) is 23.4. The maximum absolute atomic E-state index is 13.4. The molecule has 1 N–H and O–H groups in total. The van der Waals surface area contributed by atoms with Gasteiger partial charge in [0.2, 0.25) is 0 Å². The largest absolute Gasteiger partial charge is 0.481 e. The Morgan fingerprint density at radius 3 is 2.44 bits per heavy atom. The van der Waals surface area contributed by atoms with Gasteiger partial charge in [0.1, 0.15) is 5.52 Å².